The van der Waals surface area contributed by atoms with Crippen LogP contribution in [0.1, 0.15) is 5.56 Å². The van der Waals surface area contributed by atoms with Gasteiger partial charge in [-0.1, -0.05) is 29.3 Å². The fourth-order valence-corrected chi connectivity index (χ4v) is 2.67. The third kappa shape index (κ3) is 2.34. The van der Waals surface area contributed by atoms with Crippen molar-refractivity contribution in [2.75, 3.05) is 0 Å². The number of halogens is 3. The van der Waals surface area contributed by atoms with Crippen LogP contribution in [-0.4, -0.2) is 4.57 Å². The minimum Gasteiger partial charge on any atom is -0.343 e. The molecule has 3 aromatic rings. The molecule has 0 fully saturated rings. The topological polar surface area (TPSA) is 4.93 Å². The summed E-state index contributed by atoms with van der Waals surface area (Å²) in [5.74, 6) is -0.252. The van der Waals surface area contributed by atoms with Crippen molar-refractivity contribution in [3.05, 3.63) is 70.1 Å². The molecule has 3 rings (SSSR count). The molecule has 96 valence electrons. The summed E-state index contributed by atoms with van der Waals surface area (Å²) in [6, 6.07) is 12.1. The van der Waals surface area contributed by atoms with Crippen molar-refractivity contribution in [2.24, 2.45) is 0 Å². The van der Waals surface area contributed by atoms with Gasteiger partial charge in [0.15, 0.2) is 0 Å². The average Bonchev–Trinajstić information content (AvgIpc) is 2.76. The molecule has 0 saturated heterocycles. The minimum absolute atomic E-state index is 0.252. The van der Waals surface area contributed by atoms with Crippen LogP contribution in [0.3, 0.4) is 0 Å². The first-order valence-electron chi connectivity index (χ1n) is 5.82. The van der Waals surface area contributed by atoms with Gasteiger partial charge in [-0.05, 0) is 41.8 Å². The van der Waals surface area contributed by atoms with Gasteiger partial charge in [-0.2, -0.15) is 0 Å². The van der Waals surface area contributed by atoms with Crippen LogP contribution in [0.5, 0.6) is 0 Å². The monoisotopic (exact) mass is 293 g/mol. The zero-order valence-corrected chi connectivity index (χ0v) is 11.4. The van der Waals surface area contributed by atoms with E-state index in [1.54, 1.807) is 18.2 Å². The third-order valence-electron chi connectivity index (χ3n) is 3.13. The van der Waals surface area contributed by atoms with E-state index in [-0.39, 0.29) is 5.82 Å². The smallest absolute Gasteiger partial charge is 0.125 e. The molecule has 0 unspecified atom stereocenters. The predicted octanol–water partition coefficient (Wildman–Crippen LogP) is 5.14. The quantitative estimate of drug-likeness (QED) is 0.617. The highest BCUT2D eigenvalue weighted by Crippen LogP contribution is 2.27. The number of aromatic nitrogens is 1. The zero-order valence-electron chi connectivity index (χ0n) is 9.91. The highest BCUT2D eigenvalue weighted by molar-refractivity contribution is 6.36. The Kier molecular flexibility index (Phi) is 3.21. The second-order valence-corrected chi connectivity index (χ2v) is 5.16. The molecule has 0 atom stereocenters. The van der Waals surface area contributed by atoms with Crippen LogP contribution in [0.15, 0.2) is 48.7 Å². The molecule has 4 heteroatoms. The van der Waals surface area contributed by atoms with E-state index < -0.39 is 0 Å². The molecule has 0 aliphatic heterocycles. The van der Waals surface area contributed by atoms with Crippen molar-refractivity contribution in [3.8, 4) is 0 Å². The van der Waals surface area contributed by atoms with Gasteiger partial charge in [0, 0.05) is 21.8 Å². The summed E-state index contributed by atoms with van der Waals surface area (Å²) in [5.41, 5.74) is 1.67. The molecule has 0 radical (unpaired) electrons. The van der Waals surface area contributed by atoms with Crippen molar-refractivity contribution >= 4 is 34.1 Å². The molecular weight excluding hydrogens is 284 g/mol. The lowest BCUT2D eigenvalue weighted by molar-refractivity contribution is 0.628. The lowest BCUT2D eigenvalue weighted by Gasteiger charge is -2.09. The largest absolute Gasteiger partial charge is 0.343 e. The number of fused-ring (bicyclic) bond motifs is 1. The molecule has 19 heavy (non-hydrogen) atoms. The van der Waals surface area contributed by atoms with E-state index in [4.69, 9.17) is 23.2 Å². The molecule has 0 spiro atoms. The number of benzene rings is 2. The Hall–Kier alpha value is -1.51. The maximum absolute atomic E-state index is 13.3. The summed E-state index contributed by atoms with van der Waals surface area (Å²) in [4.78, 5) is 0. The molecule has 1 aromatic heterocycles. The van der Waals surface area contributed by atoms with E-state index in [9.17, 15) is 4.39 Å². The fourth-order valence-electron chi connectivity index (χ4n) is 2.15. The zero-order chi connectivity index (χ0) is 13.4. The Balaban J connectivity index is 2.08. The molecule has 0 amide bonds. The molecular formula is C15H10Cl2FN. The molecule has 0 aliphatic carbocycles. The Morgan fingerprint density at radius 2 is 1.74 bits per heavy atom. The van der Waals surface area contributed by atoms with Gasteiger partial charge < -0.3 is 4.57 Å². The summed E-state index contributed by atoms with van der Waals surface area (Å²) in [6.07, 6.45) is 1.91. The van der Waals surface area contributed by atoms with E-state index >= 15 is 0 Å². The summed E-state index contributed by atoms with van der Waals surface area (Å²) in [6.45, 7) is 0.519. The van der Waals surface area contributed by atoms with Gasteiger partial charge in [-0.25, -0.2) is 4.39 Å². The Bertz CT molecular complexity index is 729. The molecule has 1 heterocycles. The fraction of sp³-hybridized carbons (Fsp3) is 0.0667. The lowest BCUT2D eigenvalue weighted by atomic mass is 10.2. The van der Waals surface area contributed by atoms with Gasteiger partial charge in [0.05, 0.1) is 12.1 Å². The van der Waals surface area contributed by atoms with Crippen LogP contribution >= 0.6 is 23.2 Å². The molecule has 1 nitrogen and oxygen atoms in total. The maximum atomic E-state index is 13.3. The van der Waals surface area contributed by atoms with Gasteiger partial charge in [-0.15, -0.1) is 0 Å². The van der Waals surface area contributed by atoms with E-state index in [0.717, 1.165) is 16.5 Å². The Morgan fingerprint density at radius 3 is 2.47 bits per heavy atom. The number of hydrogen-bond donors (Lipinski definition) is 0. The summed E-state index contributed by atoms with van der Waals surface area (Å²) >= 11 is 12.3. The second-order valence-electron chi connectivity index (χ2n) is 4.35. The minimum atomic E-state index is -0.252. The Labute approximate surface area is 120 Å². The highest BCUT2D eigenvalue weighted by atomic mass is 35.5. The van der Waals surface area contributed by atoms with E-state index in [1.807, 2.05) is 22.9 Å². The Morgan fingerprint density at radius 1 is 1.00 bits per heavy atom. The van der Waals surface area contributed by atoms with Crippen molar-refractivity contribution < 1.29 is 4.39 Å². The predicted molar refractivity (Wildman–Crippen MR) is 77.5 cm³/mol. The van der Waals surface area contributed by atoms with Crippen LogP contribution in [-0.2, 0) is 6.54 Å². The van der Waals surface area contributed by atoms with Gasteiger partial charge in [0.2, 0.25) is 0 Å². The van der Waals surface area contributed by atoms with Crippen LogP contribution in [0, 0.1) is 5.82 Å². The van der Waals surface area contributed by atoms with E-state index in [2.05, 4.69) is 0 Å². The molecule has 2 aromatic carbocycles. The molecule has 0 saturated carbocycles. The van der Waals surface area contributed by atoms with Crippen molar-refractivity contribution in [1.82, 2.24) is 4.57 Å². The van der Waals surface area contributed by atoms with Gasteiger partial charge in [-0.3, -0.25) is 0 Å². The van der Waals surface area contributed by atoms with E-state index in [0.29, 0.717) is 16.6 Å². The van der Waals surface area contributed by atoms with Crippen LogP contribution in [0.4, 0.5) is 4.39 Å². The van der Waals surface area contributed by atoms with Crippen LogP contribution in [0.25, 0.3) is 10.9 Å². The molecule has 0 bridgehead atoms. The number of nitrogens with zero attached hydrogens (tertiary/aromatic N) is 1. The average molecular weight is 294 g/mol. The first-order chi connectivity index (χ1) is 9.15. The third-order valence-corrected chi connectivity index (χ3v) is 3.83. The van der Waals surface area contributed by atoms with Crippen molar-refractivity contribution in [1.29, 1.82) is 0 Å². The normalized spacial score (nSPS) is 11.1. The summed E-state index contributed by atoms with van der Waals surface area (Å²) in [7, 11) is 0. The maximum Gasteiger partial charge on any atom is 0.125 e. The lowest BCUT2D eigenvalue weighted by Crippen LogP contribution is -1.99. The summed E-state index contributed by atoms with van der Waals surface area (Å²) in [5, 5.41) is 2.22. The highest BCUT2D eigenvalue weighted by Gasteiger charge is 2.08. The van der Waals surface area contributed by atoms with Crippen molar-refractivity contribution in [2.45, 2.75) is 6.54 Å². The van der Waals surface area contributed by atoms with Crippen molar-refractivity contribution in [3.63, 3.8) is 0 Å². The van der Waals surface area contributed by atoms with E-state index in [1.165, 1.54) is 12.1 Å². The van der Waals surface area contributed by atoms with Gasteiger partial charge in [0.1, 0.15) is 5.82 Å². The number of hydrogen-bond acceptors (Lipinski definition) is 0. The SMILES string of the molecule is Fc1ccc2ccn(Cc3c(Cl)cccc3Cl)c2c1. The summed E-state index contributed by atoms with van der Waals surface area (Å²) < 4.78 is 15.3. The first kappa shape index (κ1) is 12.5. The van der Waals surface area contributed by atoms with Gasteiger partial charge in [0.25, 0.3) is 0 Å². The molecule has 0 N–H and O–H groups in total. The van der Waals surface area contributed by atoms with Crippen LogP contribution < -0.4 is 0 Å². The standard InChI is InChI=1S/C15H10Cl2FN/c16-13-2-1-3-14(17)12(13)9-19-7-6-10-4-5-11(18)8-15(10)19/h1-8H,9H2. The molecule has 0 aliphatic rings. The first-order valence-corrected chi connectivity index (χ1v) is 6.58. The number of rotatable bonds is 2. The van der Waals surface area contributed by atoms with Gasteiger partial charge >= 0.3 is 0 Å². The van der Waals surface area contributed by atoms with Crippen LogP contribution in [0.2, 0.25) is 10.0 Å². The second kappa shape index (κ2) is 4.87.